The van der Waals surface area contributed by atoms with Crippen molar-refractivity contribution in [3.8, 4) is 0 Å². The number of carbonyl (C=O) groups is 1. The van der Waals surface area contributed by atoms with Crippen LogP contribution in [0.1, 0.15) is 34.8 Å². The number of nitrogens with one attached hydrogen (secondary N) is 1. The van der Waals surface area contributed by atoms with Gasteiger partial charge >= 0.3 is 6.18 Å². The Bertz CT molecular complexity index is 1080. The van der Waals surface area contributed by atoms with Crippen molar-refractivity contribution in [1.82, 2.24) is 19.7 Å². The number of halogens is 3. The number of likely N-dealkylation sites (tertiary alicyclic amines) is 1. The summed E-state index contributed by atoms with van der Waals surface area (Å²) in [4.78, 5) is 19.2. The van der Waals surface area contributed by atoms with Crippen LogP contribution in [-0.2, 0) is 24.6 Å². The molecular formula is C21H22F3N5OS. The van der Waals surface area contributed by atoms with E-state index < -0.39 is 11.7 Å². The molecule has 1 fully saturated rings. The molecule has 0 saturated carbocycles. The van der Waals surface area contributed by atoms with Gasteiger partial charge in [-0.1, -0.05) is 12.1 Å². The van der Waals surface area contributed by atoms with Crippen LogP contribution in [0, 0.1) is 12.8 Å². The van der Waals surface area contributed by atoms with E-state index in [1.807, 2.05) is 30.4 Å². The lowest BCUT2D eigenvalue weighted by atomic mass is 9.97. The van der Waals surface area contributed by atoms with Gasteiger partial charge in [-0.25, -0.2) is 4.98 Å². The first-order valence-corrected chi connectivity index (χ1v) is 10.7. The van der Waals surface area contributed by atoms with Crippen molar-refractivity contribution < 1.29 is 18.0 Å². The van der Waals surface area contributed by atoms with Crippen LogP contribution in [0.2, 0.25) is 0 Å². The Balaban J connectivity index is 1.58. The molecule has 3 heterocycles. The smallest absolute Gasteiger partial charge is 0.302 e. The van der Waals surface area contributed by atoms with Crippen molar-refractivity contribution in [2.75, 3.05) is 11.9 Å². The number of aryl methyl sites for hydroxylation is 2. The Hall–Kier alpha value is -2.72. The molecule has 2 atom stereocenters. The van der Waals surface area contributed by atoms with Gasteiger partial charge in [-0.15, -0.1) is 11.3 Å². The highest BCUT2D eigenvalue weighted by atomic mass is 32.1. The minimum absolute atomic E-state index is 0.167. The highest BCUT2D eigenvalue weighted by Gasteiger charge is 2.38. The molecule has 2 aromatic heterocycles. The normalized spacial score (nSPS) is 19.6. The fraction of sp³-hybridized carbons (Fsp3) is 0.381. The molecule has 0 radical (unpaired) electrons. The standard InChI is InChI=1S/C21H22F3N5OS/c1-13-12-31-20(26-13)27-19(30)16-7-18(15-4-3-5-17(6-15)21(22,23)24)29(11-16)10-14-8-25-28(2)9-14/h3-6,8-9,12,16,18H,7,10-11H2,1-2H3,(H,26,27,30)/t16-,18-/m1/s1. The Morgan fingerprint density at radius 2 is 2.16 bits per heavy atom. The average Bonchev–Trinajstić information content (AvgIpc) is 3.42. The number of aromatic nitrogens is 3. The van der Waals surface area contributed by atoms with E-state index in [1.165, 1.54) is 23.5 Å². The van der Waals surface area contributed by atoms with Crippen LogP contribution in [0.25, 0.3) is 0 Å². The van der Waals surface area contributed by atoms with Gasteiger partial charge < -0.3 is 5.32 Å². The topological polar surface area (TPSA) is 63.1 Å². The van der Waals surface area contributed by atoms with Crippen molar-refractivity contribution in [3.05, 3.63) is 64.4 Å². The minimum atomic E-state index is -4.41. The second-order valence-electron chi connectivity index (χ2n) is 7.81. The minimum Gasteiger partial charge on any atom is -0.302 e. The lowest BCUT2D eigenvalue weighted by molar-refractivity contribution is -0.137. The summed E-state index contributed by atoms with van der Waals surface area (Å²) in [7, 11) is 1.81. The van der Waals surface area contributed by atoms with Crippen LogP contribution in [0.3, 0.4) is 0 Å². The zero-order valence-corrected chi connectivity index (χ0v) is 17.9. The molecule has 6 nitrogen and oxygen atoms in total. The number of alkyl halides is 3. The number of nitrogens with zero attached hydrogens (tertiary/aromatic N) is 4. The maximum absolute atomic E-state index is 13.3. The van der Waals surface area contributed by atoms with Gasteiger partial charge in [-0.3, -0.25) is 14.4 Å². The quantitative estimate of drug-likeness (QED) is 0.627. The van der Waals surface area contributed by atoms with Crippen LogP contribution in [0.4, 0.5) is 18.3 Å². The van der Waals surface area contributed by atoms with Crippen molar-refractivity contribution in [2.45, 2.75) is 32.1 Å². The fourth-order valence-electron chi connectivity index (χ4n) is 3.94. The monoisotopic (exact) mass is 449 g/mol. The first-order valence-electron chi connectivity index (χ1n) is 9.81. The summed E-state index contributed by atoms with van der Waals surface area (Å²) in [6.07, 6.45) is -0.385. The maximum atomic E-state index is 13.3. The molecular weight excluding hydrogens is 427 g/mol. The van der Waals surface area contributed by atoms with Crippen molar-refractivity contribution >= 4 is 22.4 Å². The van der Waals surface area contributed by atoms with Crippen molar-refractivity contribution in [2.24, 2.45) is 13.0 Å². The van der Waals surface area contributed by atoms with Gasteiger partial charge in [0.15, 0.2) is 5.13 Å². The Labute approximate surface area is 181 Å². The molecule has 0 unspecified atom stereocenters. The molecule has 1 amide bonds. The summed E-state index contributed by atoms with van der Waals surface area (Å²) >= 11 is 1.35. The van der Waals surface area contributed by atoms with E-state index in [4.69, 9.17) is 0 Å². The Kier molecular flexibility index (Phi) is 5.85. The summed E-state index contributed by atoms with van der Waals surface area (Å²) < 4.78 is 41.4. The van der Waals surface area contributed by atoms with Gasteiger partial charge in [-0.2, -0.15) is 18.3 Å². The maximum Gasteiger partial charge on any atom is 0.416 e. The second-order valence-corrected chi connectivity index (χ2v) is 8.66. The van der Waals surface area contributed by atoms with Gasteiger partial charge in [0, 0.05) is 43.3 Å². The van der Waals surface area contributed by atoms with E-state index in [0.29, 0.717) is 30.2 Å². The van der Waals surface area contributed by atoms with E-state index in [-0.39, 0.29) is 17.9 Å². The van der Waals surface area contributed by atoms with Gasteiger partial charge in [0.2, 0.25) is 5.91 Å². The highest BCUT2D eigenvalue weighted by Crippen LogP contribution is 2.39. The third-order valence-electron chi connectivity index (χ3n) is 5.37. The van der Waals surface area contributed by atoms with Crippen LogP contribution in [-0.4, -0.2) is 32.1 Å². The van der Waals surface area contributed by atoms with Crippen LogP contribution >= 0.6 is 11.3 Å². The van der Waals surface area contributed by atoms with E-state index in [2.05, 4.69) is 15.4 Å². The summed E-state index contributed by atoms with van der Waals surface area (Å²) in [5.41, 5.74) is 1.64. The Morgan fingerprint density at radius 3 is 2.81 bits per heavy atom. The molecule has 10 heteroatoms. The number of carbonyl (C=O) groups excluding carboxylic acids is 1. The Morgan fingerprint density at radius 1 is 1.35 bits per heavy atom. The molecule has 1 N–H and O–H groups in total. The number of hydrogen-bond acceptors (Lipinski definition) is 5. The summed E-state index contributed by atoms with van der Waals surface area (Å²) in [6, 6.07) is 5.06. The summed E-state index contributed by atoms with van der Waals surface area (Å²) in [5, 5.41) is 9.40. The third kappa shape index (κ3) is 4.96. The molecule has 1 saturated heterocycles. The largest absolute Gasteiger partial charge is 0.416 e. The van der Waals surface area contributed by atoms with Gasteiger partial charge in [-0.05, 0) is 31.0 Å². The number of benzene rings is 1. The predicted molar refractivity (Wildman–Crippen MR) is 111 cm³/mol. The molecule has 1 aliphatic rings. The number of rotatable bonds is 5. The molecule has 0 bridgehead atoms. The number of thiazole rings is 1. The molecule has 31 heavy (non-hydrogen) atoms. The van der Waals surface area contributed by atoms with Crippen molar-refractivity contribution in [1.29, 1.82) is 0 Å². The molecule has 3 aromatic rings. The van der Waals surface area contributed by atoms with Crippen LogP contribution in [0.5, 0.6) is 0 Å². The fourth-order valence-corrected chi connectivity index (χ4v) is 4.64. The third-order valence-corrected chi connectivity index (χ3v) is 6.24. The van der Waals surface area contributed by atoms with Crippen LogP contribution < -0.4 is 5.32 Å². The summed E-state index contributed by atoms with van der Waals surface area (Å²) in [6.45, 7) is 2.78. The highest BCUT2D eigenvalue weighted by molar-refractivity contribution is 7.13. The SMILES string of the molecule is Cc1csc(NC(=O)[C@@H]2C[C@H](c3cccc(C(F)(F)F)c3)N(Cc3cnn(C)c3)C2)n1. The first kappa shape index (κ1) is 21.5. The number of anilines is 1. The van der Waals surface area contributed by atoms with Gasteiger partial charge in [0.1, 0.15) is 0 Å². The van der Waals surface area contributed by atoms with Crippen LogP contribution in [0.15, 0.2) is 42.0 Å². The van der Waals surface area contributed by atoms with E-state index >= 15 is 0 Å². The number of hydrogen-bond donors (Lipinski definition) is 1. The zero-order chi connectivity index (χ0) is 22.2. The summed E-state index contributed by atoms with van der Waals surface area (Å²) in [5.74, 6) is -0.527. The van der Waals surface area contributed by atoms with Gasteiger partial charge in [0.25, 0.3) is 0 Å². The second kappa shape index (κ2) is 8.43. The lowest BCUT2D eigenvalue weighted by Crippen LogP contribution is -2.27. The van der Waals surface area contributed by atoms with E-state index in [1.54, 1.807) is 16.9 Å². The predicted octanol–water partition coefficient (Wildman–Crippen LogP) is 4.41. The molecule has 0 aliphatic carbocycles. The van der Waals surface area contributed by atoms with Crippen molar-refractivity contribution in [3.63, 3.8) is 0 Å². The first-order chi connectivity index (χ1) is 14.7. The lowest BCUT2D eigenvalue weighted by Gasteiger charge is -2.24. The molecule has 4 rings (SSSR count). The van der Waals surface area contributed by atoms with E-state index in [9.17, 15) is 18.0 Å². The average molecular weight is 450 g/mol. The number of amides is 1. The molecule has 1 aliphatic heterocycles. The zero-order valence-electron chi connectivity index (χ0n) is 17.1. The molecule has 164 valence electrons. The molecule has 0 spiro atoms. The van der Waals surface area contributed by atoms with E-state index in [0.717, 1.165) is 17.3 Å². The molecule has 1 aromatic carbocycles. The van der Waals surface area contributed by atoms with Gasteiger partial charge in [0.05, 0.1) is 23.4 Å².